The molecule has 0 saturated heterocycles. The van der Waals surface area contributed by atoms with Crippen molar-refractivity contribution in [3.63, 3.8) is 0 Å². The lowest BCUT2D eigenvalue weighted by Gasteiger charge is -2.09. The largest absolute Gasteiger partial charge is 0.497 e. The van der Waals surface area contributed by atoms with Gasteiger partial charge in [0.25, 0.3) is 0 Å². The molecule has 2 rings (SSSR count). The molecule has 0 N–H and O–H groups in total. The van der Waals surface area contributed by atoms with Crippen molar-refractivity contribution in [2.45, 2.75) is 6.61 Å². The van der Waals surface area contributed by atoms with Crippen molar-refractivity contribution in [3.05, 3.63) is 52.8 Å². The minimum Gasteiger partial charge on any atom is -0.497 e. The van der Waals surface area contributed by atoms with Crippen molar-refractivity contribution in [3.8, 4) is 23.8 Å². The van der Waals surface area contributed by atoms with E-state index in [0.717, 1.165) is 11.3 Å². The highest BCUT2D eigenvalue weighted by Gasteiger charge is 2.04. The maximum absolute atomic E-state index is 5.82. The summed E-state index contributed by atoms with van der Waals surface area (Å²) in [4.78, 5) is 3.91. The van der Waals surface area contributed by atoms with Gasteiger partial charge in [0, 0.05) is 12.3 Å². The molecule has 3 nitrogen and oxygen atoms in total. The van der Waals surface area contributed by atoms with Gasteiger partial charge < -0.3 is 9.47 Å². The Bertz CT molecular complexity index is 603. The quantitative estimate of drug-likeness (QED) is 0.633. The summed E-state index contributed by atoms with van der Waals surface area (Å²) in [7, 11) is 1.63. The number of terminal acetylenes is 1. The lowest BCUT2D eigenvalue weighted by atomic mass is 10.2. The fraction of sp³-hybridized carbons (Fsp3) is 0.133. The molecule has 0 fully saturated rings. The number of halogens is 1. The van der Waals surface area contributed by atoms with Gasteiger partial charge in [-0.25, -0.2) is 4.98 Å². The number of benzene rings is 1. The van der Waals surface area contributed by atoms with Crippen LogP contribution in [0.5, 0.6) is 11.5 Å². The van der Waals surface area contributed by atoms with Crippen LogP contribution in [-0.4, -0.2) is 12.1 Å². The third-order valence-corrected chi connectivity index (χ3v) is 2.75. The molecule has 0 aliphatic carbocycles. The van der Waals surface area contributed by atoms with Crippen molar-refractivity contribution in [1.82, 2.24) is 4.98 Å². The molecule has 0 saturated carbocycles. The second-order valence-electron chi connectivity index (χ2n) is 3.78. The summed E-state index contributed by atoms with van der Waals surface area (Å²) < 4.78 is 10.8. The maximum atomic E-state index is 5.82. The molecule has 0 unspecified atom stereocenters. The monoisotopic (exact) mass is 273 g/mol. The second-order valence-corrected chi connectivity index (χ2v) is 4.17. The van der Waals surface area contributed by atoms with Gasteiger partial charge in [-0.15, -0.1) is 6.42 Å². The Balaban J connectivity index is 2.09. The number of rotatable bonds is 4. The molecule has 0 aliphatic heterocycles. The summed E-state index contributed by atoms with van der Waals surface area (Å²) in [6, 6.07) is 9.22. The zero-order valence-corrected chi connectivity index (χ0v) is 11.1. The Labute approximate surface area is 117 Å². The highest BCUT2D eigenvalue weighted by molar-refractivity contribution is 6.29. The SMILES string of the molecule is C#Cc1cnc(Cl)cc1OCc1ccc(OC)cc1. The lowest BCUT2D eigenvalue weighted by Crippen LogP contribution is -1.98. The number of ether oxygens (including phenoxy) is 2. The van der Waals surface area contributed by atoms with E-state index >= 15 is 0 Å². The smallest absolute Gasteiger partial charge is 0.140 e. The first kappa shape index (κ1) is 13.3. The van der Waals surface area contributed by atoms with Gasteiger partial charge in [0.05, 0.1) is 12.7 Å². The molecule has 1 aromatic heterocycles. The molecular weight excluding hydrogens is 262 g/mol. The Kier molecular flexibility index (Phi) is 4.27. The van der Waals surface area contributed by atoms with E-state index in [1.807, 2.05) is 24.3 Å². The highest BCUT2D eigenvalue weighted by Crippen LogP contribution is 2.22. The van der Waals surface area contributed by atoms with Crippen molar-refractivity contribution in [2.24, 2.45) is 0 Å². The first-order valence-electron chi connectivity index (χ1n) is 5.61. The van der Waals surface area contributed by atoms with Gasteiger partial charge in [-0.1, -0.05) is 29.7 Å². The molecule has 0 spiro atoms. The normalized spacial score (nSPS) is 9.74. The number of hydrogen-bond donors (Lipinski definition) is 0. The summed E-state index contributed by atoms with van der Waals surface area (Å²) in [5.74, 6) is 3.87. The van der Waals surface area contributed by atoms with Gasteiger partial charge >= 0.3 is 0 Å². The van der Waals surface area contributed by atoms with E-state index in [4.69, 9.17) is 27.5 Å². The van der Waals surface area contributed by atoms with Crippen LogP contribution in [0.15, 0.2) is 36.5 Å². The van der Waals surface area contributed by atoms with Gasteiger partial charge in [-0.05, 0) is 17.7 Å². The molecule has 2 aromatic rings. The molecule has 1 aromatic carbocycles. The van der Waals surface area contributed by atoms with E-state index < -0.39 is 0 Å². The van der Waals surface area contributed by atoms with Crippen LogP contribution in [0.1, 0.15) is 11.1 Å². The minimum absolute atomic E-state index is 0.351. The summed E-state index contributed by atoms with van der Waals surface area (Å²) in [6.45, 7) is 0.402. The zero-order chi connectivity index (χ0) is 13.7. The van der Waals surface area contributed by atoms with E-state index in [1.165, 1.54) is 6.20 Å². The molecule has 0 amide bonds. The van der Waals surface area contributed by atoms with Crippen LogP contribution in [0.25, 0.3) is 0 Å². The first-order valence-corrected chi connectivity index (χ1v) is 5.98. The Hall–Kier alpha value is -2.18. The topological polar surface area (TPSA) is 31.4 Å². The number of pyridine rings is 1. The molecule has 0 aliphatic rings. The van der Waals surface area contributed by atoms with Crippen molar-refractivity contribution >= 4 is 11.6 Å². The number of hydrogen-bond acceptors (Lipinski definition) is 3. The van der Waals surface area contributed by atoms with Crippen LogP contribution in [0.3, 0.4) is 0 Å². The molecule has 0 radical (unpaired) electrons. The van der Waals surface area contributed by atoms with Gasteiger partial charge in [-0.3, -0.25) is 0 Å². The van der Waals surface area contributed by atoms with E-state index in [2.05, 4.69) is 10.9 Å². The van der Waals surface area contributed by atoms with E-state index in [0.29, 0.717) is 23.1 Å². The van der Waals surface area contributed by atoms with Crippen LogP contribution >= 0.6 is 11.6 Å². The third-order valence-electron chi connectivity index (χ3n) is 2.54. The average Bonchev–Trinajstić information content (AvgIpc) is 2.46. The minimum atomic E-state index is 0.351. The van der Waals surface area contributed by atoms with Crippen molar-refractivity contribution < 1.29 is 9.47 Å². The summed E-state index contributed by atoms with van der Waals surface area (Å²) >= 11 is 5.82. The number of nitrogens with zero attached hydrogens (tertiary/aromatic N) is 1. The van der Waals surface area contributed by atoms with Gasteiger partial charge in [-0.2, -0.15) is 0 Å². The fourth-order valence-corrected chi connectivity index (χ4v) is 1.67. The van der Waals surface area contributed by atoms with Gasteiger partial charge in [0.15, 0.2) is 0 Å². The van der Waals surface area contributed by atoms with E-state index in [-0.39, 0.29) is 0 Å². The van der Waals surface area contributed by atoms with Crippen molar-refractivity contribution in [2.75, 3.05) is 7.11 Å². The fourth-order valence-electron chi connectivity index (χ4n) is 1.52. The lowest BCUT2D eigenvalue weighted by molar-refractivity contribution is 0.305. The predicted octanol–water partition coefficient (Wildman–Crippen LogP) is 3.30. The molecule has 19 heavy (non-hydrogen) atoms. The van der Waals surface area contributed by atoms with Crippen LogP contribution in [-0.2, 0) is 6.61 Å². The molecular formula is C15H12ClNO2. The van der Waals surface area contributed by atoms with Crippen LogP contribution in [0.4, 0.5) is 0 Å². The predicted molar refractivity (Wildman–Crippen MR) is 74.5 cm³/mol. The standard InChI is InChI=1S/C15H12ClNO2/c1-3-12-9-17-15(16)8-14(12)19-10-11-4-6-13(18-2)7-5-11/h1,4-9H,10H2,2H3. The van der Waals surface area contributed by atoms with Crippen LogP contribution in [0.2, 0.25) is 5.15 Å². The van der Waals surface area contributed by atoms with Gasteiger partial charge in [0.1, 0.15) is 23.3 Å². The number of aromatic nitrogens is 1. The second kappa shape index (κ2) is 6.12. The van der Waals surface area contributed by atoms with Gasteiger partial charge in [0.2, 0.25) is 0 Å². The zero-order valence-electron chi connectivity index (χ0n) is 10.4. The molecule has 1 heterocycles. The summed E-state index contributed by atoms with van der Waals surface area (Å²) in [6.07, 6.45) is 6.90. The molecule has 96 valence electrons. The van der Waals surface area contributed by atoms with Crippen LogP contribution in [0, 0.1) is 12.3 Å². The first-order chi connectivity index (χ1) is 9.22. The maximum Gasteiger partial charge on any atom is 0.140 e. The van der Waals surface area contributed by atoms with E-state index in [1.54, 1.807) is 13.2 Å². The molecule has 0 bridgehead atoms. The molecule has 4 heteroatoms. The highest BCUT2D eigenvalue weighted by atomic mass is 35.5. The Morgan fingerprint density at radius 2 is 2.05 bits per heavy atom. The Morgan fingerprint density at radius 3 is 2.68 bits per heavy atom. The summed E-state index contributed by atoms with van der Waals surface area (Å²) in [5.41, 5.74) is 1.59. The van der Waals surface area contributed by atoms with Crippen LogP contribution < -0.4 is 9.47 Å². The number of methoxy groups -OCH3 is 1. The average molecular weight is 274 g/mol. The third kappa shape index (κ3) is 3.40. The van der Waals surface area contributed by atoms with E-state index in [9.17, 15) is 0 Å². The van der Waals surface area contributed by atoms with Crippen molar-refractivity contribution in [1.29, 1.82) is 0 Å². The Morgan fingerprint density at radius 1 is 1.32 bits per heavy atom. The molecule has 0 atom stereocenters. The summed E-state index contributed by atoms with van der Waals surface area (Å²) in [5, 5.41) is 0.351.